The van der Waals surface area contributed by atoms with Gasteiger partial charge in [-0.15, -0.1) is 11.3 Å². The van der Waals surface area contributed by atoms with Gasteiger partial charge >= 0.3 is 6.03 Å². The van der Waals surface area contributed by atoms with Gasteiger partial charge in [0.1, 0.15) is 0 Å². The summed E-state index contributed by atoms with van der Waals surface area (Å²) < 4.78 is 0. The van der Waals surface area contributed by atoms with Crippen LogP contribution in [0.25, 0.3) is 0 Å². The van der Waals surface area contributed by atoms with Crippen molar-refractivity contribution in [2.24, 2.45) is 0 Å². The molecule has 2 N–H and O–H groups in total. The van der Waals surface area contributed by atoms with Crippen LogP contribution in [0, 0.1) is 6.92 Å². The molecule has 1 heterocycles. The number of nitrogens with zero attached hydrogens (tertiary/aromatic N) is 1. The lowest BCUT2D eigenvalue weighted by atomic mass is 9.96. The van der Waals surface area contributed by atoms with E-state index < -0.39 is 0 Å². The standard InChI is InChI=1S/C11H17N3OS/c1-8-7-16-11(12-8)14-10(15)13-9-5-3-2-4-6-9/h7,9H,2-6H2,1H3,(H2,12,13,14,15). The first-order valence-corrected chi connectivity index (χ1v) is 6.61. The van der Waals surface area contributed by atoms with E-state index in [1.807, 2.05) is 12.3 Å². The lowest BCUT2D eigenvalue weighted by molar-refractivity contribution is 0.244. The summed E-state index contributed by atoms with van der Waals surface area (Å²) in [6.45, 7) is 1.92. The predicted molar refractivity (Wildman–Crippen MR) is 65.9 cm³/mol. The SMILES string of the molecule is Cc1csc(NC(=O)NC2CCCCC2)n1. The van der Waals surface area contributed by atoms with E-state index in [0.717, 1.165) is 18.5 Å². The Morgan fingerprint density at radius 2 is 2.19 bits per heavy atom. The third kappa shape index (κ3) is 3.20. The van der Waals surface area contributed by atoms with Gasteiger partial charge in [0.15, 0.2) is 5.13 Å². The van der Waals surface area contributed by atoms with Crippen LogP contribution in [0.15, 0.2) is 5.38 Å². The molecule has 0 aromatic carbocycles. The van der Waals surface area contributed by atoms with Crippen molar-refractivity contribution >= 4 is 22.5 Å². The quantitative estimate of drug-likeness (QED) is 0.833. The van der Waals surface area contributed by atoms with E-state index in [1.165, 1.54) is 30.6 Å². The molecule has 88 valence electrons. The number of nitrogens with one attached hydrogen (secondary N) is 2. The third-order valence-electron chi connectivity index (χ3n) is 2.78. The summed E-state index contributed by atoms with van der Waals surface area (Å²) in [5.74, 6) is 0. The highest BCUT2D eigenvalue weighted by Crippen LogP contribution is 2.18. The van der Waals surface area contributed by atoms with Crippen LogP contribution in [0.3, 0.4) is 0 Å². The van der Waals surface area contributed by atoms with Gasteiger partial charge in [-0.05, 0) is 19.8 Å². The van der Waals surface area contributed by atoms with E-state index in [0.29, 0.717) is 11.2 Å². The van der Waals surface area contributed by atoms with Gasteiger partial charge in [-0.3, -0.25) is 5.32 Å². The highest BCUT2D eigenvalue weighted by Gasteiger charge is 2.15. The number of rotatable bonds is 2. The average molecular weight is 239 g/mol. The Hall–Kier alpha value is -1.10. The molecular formula is C11H17N3OS. The minimum Gasteiger partial charge on any atom is -0.335 e. The Labute approximate surface area is 99.5 Å². The second-order valence-electron chi connectivity index (χ2n) is 4.23. The minimum atomic E-state index is -0.124. The molecule has 1 aliphatic rings. The summed E-state index contributed by atoms with van der Waals surface area (Å²) >= 11 is 1.46. The molecule has 2 rings (SSSR count). The van der Waals surface area contributed by atoms with Crippen LogP contribution in [-0.4, -0.2) is 17.1 Å². The minimum absolute atomic E-state index is 0.124. The van der Waals surface area contributed by atoms with Gasteiger partial charge in [-0.25, -0.2) is 9.78 Å². The van der Waals surface area contributed by atoms with Crippen molar-refractivity contribution in [3.8, 4) is 0 Å². The Kier molecular flexibility index (Phi) is 3.77. The number of hydrogen-bond donors (Lipinski definition) is 2. The van der Waals surface area contributed by atoms with E-state index in [9.17, 15) is 4.79 Å². The van der Waals surface area contributed by atoms with Crippen molar-refractivity contribution in [2.45, 2.75) is 45.1 Å². The highest BCUT2D eigenvalue weighted by atomic mass is 32.1. The van der Waals surface area contributed by atoms with Crippen molar-refractivity contribution in [1.29, 1.82) is 0 Å². The molecule has 0 unspecified atom stereocenters. The summed E-state index contributed by atoms with van der Waals surface area (Å²) in [5, 5.41) is 8.36. The van der Waals surface area contributed by atoms with Gasteiger partial charge in [0, 0.05) is 11.4 Å². The molecule has 0 atom stereocenters. The molecule has 0 saturated heterocycles. The fourth-order valence-electron chi connectivity index (χ4n) is 1.98. The molecule has 1 aromatic heterocycles. The summed E-state index contributed by atoms with van der Waals surface area (Å²) in [6.07, 6.45) is 5.95. The van der Waals surface area contributed by atoms with Crippen LogP contribution in [-0.2, 0) is 0 Å². The van der Waals surface area contributed by atoms with Crippen molar-refractivity contribution in [3.63, 3.8) is 0 Å². The zero-order valence-corrected chi connectivity index (χ0v) is 10.3. The van der Waals surface area contributed by atoms with Crippen LogP contribution in [0.2, 0.25) is 0 Å². The van der Waals surface area contributed by atoms with Crippen molar-refractivity contribution in [3.05, 3.63) is 11.1 Å². The molecule has 4 nitrogen and oxygen atoms in total. The molecule has 0 aliphatic heterocycles. The van der Waals surface area contributed by atoms with E-state index in [1.54, 1.807) is 0 Å². The van der Waals surface area contributed by atoms with Gasteiger partial charge in [0.05, 0.1) is 5.69 Å². The predicted octanol–water partition coefficient (Wildman–Crippen LogP) is 2.91. The van der Waals surface area contributed by atoms with E-state index in [2.05, 4.69) is 15.6 Å². The number of aromatic nitrogens is 1. The fourth-order valence-corrected chi connectivity index (χ4v) is 2.66. The number of anilines is 1. The van der Waals surface area contributed by atoms with Crippen molar-refractivity contribution in [2.75, 3.05) is 5.32 Å². The molecular weight excluding hydrogens is 222 g/mol. The van der Waals surface area contributed by atoms with Gasteiger partial charge in [-0.2, -0.15) is 0 Å². The fraction of sp³-hybridized carbons (Fsp3) is 0.636. The first-order valence-electron chi connectivity index (χ1n) is 5.74. The average Bonchev–Trinajstić information content (AvgIpc) is 2.65. The second kappa shape index (κ2) is 5.30. The molecule has 1 aromatic rings. The van der Waals surface area contributed by atoms with Gasteiger partial charge in [-0.1, -0.05) is 19.3 Å². The molecule has 2 amide bonds. The molecule has 1 fully saturated rings. The monoisotopic (exact) mass is 239 g/mol. The maximum Gasteiger partial charge on any atom is 0.321 e. The summed E-state index contributed by atoms with van der Waals surface area (Å²) in [5.41, 5.74) is 0.943. The first-order chi connectivity index (χ1) is 7.74. The lowest BCUT2D eigenvalue weighted by Gasteiger charge is -2.22. The van der Waals surface area contributed by atoms with Gasteiger partial charge < -0.3 is 5.32 Å². The van der Waals surface area contributed by atoms with Crippen LogP contribution < -0.4 is 10.6 Å². The number of thiazole rings is 1. The first kappa shape index (κ1) is 11.4. The normalized spacial score (nSPS) is 17.1. The Bertz CT molecular complexity index is 358. The van der Waals surface area contributed by atoms with Crippen molar-refractivity contribution in [1.82, 2.24) is 10.3 Å². The molecule has 5 heteroatoms. The number of carbonyl (C=O) groups is 1. The zero-order chi connectivity index (χ0) is 11.4. The molecule has 0 bridgehead atoms. The molecule has 0 radical (unpaired) electrons. The Morgan fingerprint density at radius 3 is 2.81 bits per heavy atom. The summed E-state index contributed by atoms with van der Waals surface area (Å²) in [4.78, 5) is 15.8. The Morgan fingerprint density at radius 1 is 1.44 bits per heavy atom. The van der Waals surface area contributed by atoms with Gasteiger partial charge in [0.25, 0.3) is 0 Å². The van der Waals surface area contributed by atoms with Crippen LogP contribution in [0.1, 0.15) is 37.8 Å². The van der Waals surface area contributed by atoms with E-state index in [-0.39, 0.29) is 6.03 Å². The van der Waals surface area contributed by atoms with Gasteiger partial charge in [0.2, 0.25) is 0 Å². The number of aryl methyl sites for hydroxylation is 1. The third-order valence-corrected chi connectivity index (χ3v) is 3.66. The number of hydrogen-bond acceptors (Lipinski definition) is 3. The molecule has 1 saturated carbocycles. The topological polar surface area (TPSA) is 54.0 Å². The van der Waals surface area contributed by atoms with Crippen molar-refractivity contribution < 1.29 is 4.79 Å². The second-order valence-corrected chi connectivity index (χ2v) is 5.09. The maximum atomic E-state index is 11.6. The summed E-state index contributed by atoms with van der Waals surface area (Å²) in [6, 6.07) is 0.219. The smallest absolute Gasteiger partial charge is 0.321 e. The lowest BCUT2D eigenvalue weighted by Crippen LogP contribution is -2.38. The Balaban J connectivity index is 1.79. The highest BCUT2D eigenvalue weighted by molar-refractivity contribution is 7.13. The number of urea groups is 1. The van der Waals surface area contributed by atoms with E-state index in [4.69, 9.17) is 0 Å². The number of amides is 2. The van der Waals surface area contributed by atoms with Crippen LogP contribution in [0.4, 0.5) is 9.93 Å². The number of carbonyl (C=O) groups excluding carboxylic acids is 1. The maximum absolute atomic E-state index is 11.6. The molecule has 16 heavy (non-hydrogen) atoms. The zero-order valence-electron chi connectivity index (χ0n) is 9.45. The molecule has 0 spiro atoms. The summed E-state index contributed by atoms with van der Waals surface area (Å²) in [7, 11) is 0. The van der Waals surface area contributed by atoms with Crippen LogP contribution in [0.5, 0.6) is 0 Å². The largest absolute Gasteiger partial charge is 0.335 e. The van der Waals surface area contributed by atoms with E-state index >= 15 is 0 Å². The van der Waals surface area contributed by atoms with Crippen LogP contribution >= 0.6 is 11.3 Å². The molecule has 1 aliphatic carbocycles.